The summed E-state index contributed by atoms with van der Waals surface area (Å²) >= 11 is 3.02. The molecular formula is C17H14N2O3S2. The maximum atomic E-state index is 11.8. The number of rotatable bonds is 5. The Balaban J connectivity index is 1.61. The van der Waals surface area contributed by atoms with Gasteiger partial charge < -0.3 is 4.74 Å². The number of fused-ring (bicyclic) bond motifs is 1. The smallest absolute Gasteiger partial charge is 0.331 e. The average molecular weight is 358 g/mol. The SMILES string of the molecule is CSc1ccc(C=CC(=O)OCc2cc(=O)n3ccsc3n2)cc1. The van der Waals surface area contributed by atoms with E-state index in [0.29, 0.717) is 10.7 Å². The zero-order valence-electron chi connectivity index (χ0n) is 12.8. The molecule has 0 unspecified atom stereocenters. The molecule has 122 valence electrons. The summed E-state index contributed by atoms with van der Waals surface area (Å²) in [5.41, 5.74) is 1.17. The summed E-state index contributed by atoms with van der Waals surface area (Å²) < 4.78 is 6.59. The number of benzene rings is 1. The van der Waals surface area contributed by atoms with Crippen molar-refractivity contribution in [1.29, 1.82) is 0 Å². The zero-order chi connectivity index (χ0) is 16.9. The Morgan fingerprint density at radius 2 is 2.17 bits per heavy atom. The summed E-state index contributed by atoms with van der Waals surface area (Å²) in [6.45, 7) is -0.0295. The van der Waals surface area contributed by atoms with Gasteiger partial charge in [-0.2, -0.15) is 0 Å². The summed E-state index contributed by atoms with van der Waals surface area (Å²) in [6, 6.07) is 9.22. The van der Waals surface area contributed by atoms with Crippen LogP contribution in [0.25, 0.3) is 11.0 Å². The minimum atomic E-state index is -0.475. The van der Waals surface area contributed by atoms with Crippen LogP contribution in [-0.2, 0) is 16.1 Å². The molecule has 0 atom stereocenters. The lowest BCUT2D eigenvalue weighted by atomic mass is 10.2. The van der Waals surface area contributed by atoms with Crippen LogP contribution in [0.1, 0.15) is 11.3 Å². The van der Waals surface area contributed by atoms with Gasteiger partial charge in [0.05, 0.1) is 5.69 Å². The molecule has 0 aliphatic rings. The largest absolute Gasteiger partial charge is 0.456 e. The molecule has 3 rings (SSSR count). The average Bonchev–Trinajstić information content (AvgIpc) is 3.08. The molecule has 7 heteroatoms. The monoisotopic (exact) mass is 358 g/mol. The Hall–Kier alpha value is -2.38. The molecule has 0 amide bonds. The van der Waals surface area contributed by atoms with E-state index in [0.717, 1.165) is 10.5 Å². The van der Waals surface area contributed by atoms with E-state index in [2.05, 4.69) is 4.98 Å². The van der Waals surface area contributed by atoms with Crippen molar-refractivity contribution < 1.29 is 9.53 Å². The normalized spacial score (nSPS) is 11.2. The Morgan fingerprint density at radius 3 is 2.92 bits per heavy atom. The predicted molar refractivity (Wildman–Crippen MR) is 96.4 cm³/mol. The molecule has 0 N–H and O–H groups in total. The molecular weight excluding hydrogens is 344 g/mol. The fourth-order valence-electron chi connectivity index (χ4n) is 2.03. The molecule has 0 bridgehead atoms. The van der Waals surface area contributed by atoms with Gasteiger partial charge in [0.15, 0.2) is 4.96 Å². The topological polar surface area (TPSA) is 60.7 Å². The molecule has 0 aliphatic carbocycles. The van der Waals surface area contributed by atoms with E-state index in [4.69, 9.17) is 4.74 Å². The number of hydrogen-bond acceptors (Lipinski definition) is 6. The van der Waals surface area contributed by atoms with Crippen LogP contribution in [0.3, 0.4) is 0 Å². The predicted octanol–water partition coefficient (Wildman–Crippen LogP) is 3.23. The molecule has 2 heterocycles. The van der Waals surface area contributed by atoms with Crippen LogP contribution in [0.2, 0.25) is 0 Å². The van der Waals surface area contributed by atoms with E-state index in [9.17, 15) is 9.59 Å². The van der Waals surface area contributed by atoms with E-state index < -0.39 is 5.97 Å². The Morgan fingerprint density at radius 1 is 1.38 bits per heavy atom. The molecule has 24 heavy (non-hydrogen) atoms. The second-order valence-corrected chi connectivity index (χ2v) is 6.61. The fraction of sp³-hybridized carbons (Fsp3) is 0.118. The summed E-state index contributed by atoms with van der Waals surface area (Å²) in [4.78, 5) is 29.7. The second kappa shape index (κ2) is 7.46. The van der Waals surface area contributed by atoms with Gasteiger partial charge in [0, 0.05) is 28.6 Å². The highest BCUT2D eigenvalue weighted by Gasteiger charge is 2.05. The number of aromatic nitrogens is 2. The van der Waals surface area contributed by atoms with Crippen molar-refractivity contribution >= 4 is 40.1 Å². The minimum Gasteiger partial charge on any atom is -0.456 e. The first-order valence-corrected chi connectivity index (χ1v) is 9.21. The van der Waals surface area contributed by atoms with Crippen molar-refractivity contribution in [2.45, 2.75) is 11.5 Å². The van der Waals surface area contributed by atoms with Crippen LogP contribution in [0.4, 0.5) is 0 Å². The number of hydrogen-bond donors (Lipinski definition) is 0. The van der Waals surface area contributed by atoms with Gasteiger partial charge in [-0.15, -0.1) is 23.1 Å². The van der Waals surface area contributed by atoms with Gasteiger partial charge in [0.2, 0.25) is 0 Å². The van der Waals surface area contributed by atoms with Crippen LogP contribution in [0, 0.1) is 0 Å². The Kier molecular flexibility index (Phi) is 5.12. The van der Waals surface area contributed by atoms with Gasteiger partial charge in [0.25, 0.3) is 5.56 Å². The van der Waals surface area contributed by atoms with Crippen molar-refractivity contribution in [2.24, 2.45) is 0 Å². The van der Waals surface area contributed by atoms with Crippen LogP contribution in [-0.4, -0.2) is 21.6 Å². The lowest BCUT2D eigenvalue weighted by molar-refractivity contribution is -0.139. The number of carbonyl (C=O) groups is 1. The lowest BCUT2D eigenvalue weighted by Crippen LogP contribution is -2.14. The highest BCUT2D eigenvalue weighted by Crippen LogP contribution is 2.15. The molecule has 1 aromatic carbocycles. The van der Waals surface area contributed by atoms with Crippen LogP contribution < -0.4 is 5.56 Å². The minimum absolute atomic E-state index is 0.0295. The van der Waals surface area contributed by atoms with Crippen molar-refractivity contribution in [2.75, 3.05) is 6.26 Å². The Labute approximate surface area is 146 Å². The third kappa shape index (κ3) is 3.93. The first kappa shape index (κ1) is 16.5. The molecule has 0 saturated heterocycles. The maximum absolute atomic E-state index is 11.8. The van der Waals surface area contributed by atoms with Gasteiger partial charge in [-0.25, -0.2) is 9.78 Å². The third-order valence-corrected chi connectivity index (χ3v) is 4.75. The van der Waals surface area contributed by atoms with Gasteiger partial charge in [-0.05, 0) is 30.0 Å². The van der Waals surface area contributed by atoms with Crippen molar-refractivity contribution in [3.05, 3.63) is 69.6 Å². The zero-order valence-corrected chi connectivity index (χ0v) is 14.5. The van der Waals surface area contributed by atoms with Gasteiger partial charge >= 0.3 is 5.97 Å². The first-order chi connectivity index (χ1) is 11.7. The van der Waals surface area contributed by atoms with E-state index in [1.165, 1.54) is 27.9 Å². The summed E-state index contributed by atoms with van der Waals surface area (Å²) in [7, 11) is 0. The fourth-order valence-corrected chi connectivity index (χ4v) is 3.18. The van der Waals surface area contributed by atoms with Crippen LogP contribution in [0.5, 0.6) is 0 Å². The molecule has 3 aromatic rings. The van der Waals surface area contributed by atoms with Crippen LogP contribution >= 0.6 is 23.1 Å². The van der Waals surface area contributed by atoms with Gasteiger partial charge in [-0.3, -0.25) is 9.20 Å². The highest BCUT2D eigenvalue weighted by molar-refractivity contribution is 7.98. The van der Waals surface area contributed by atoms with E-state index in [1.807, 2.05) is 30.5 Å². The number of carbonyl (C=O) groups excluding carboxylic acids is 1. The second-order valence-electron chi connectivity index (χ2n) is 4.86. The summed E-state index contributed by atoms with van der Waals surface area (Å²) in [5.74, 6) is -0.475. The molecule has 0 radical (unpaired) electrons. The van der Waals surface area contributed by atoms with Crippen molar-refractivity contribution in [3.8, 4) is 0 Å². The molecule has 2 aromatic heterocycles. The summed E-state index contributed by atoms with van der Waals surface area (Å²) in [5, 5.41) is 1.78. The quantitative estimate of drug-likeness (QED) is 0.398. The number of nitrogens with zero attached hydrogens (tertiary/aromatic N) is 2. The standard InChI is InChI=1S/C17H14N2O3S2/c1-23-14-5-2-12(3-6-14)4-7-16(21)22-11-13-10-15(20)19-8-9-24-17(19)18-13/h2-10H,11H2,1H3. The highest BCUT2D eigenvalue weighted by atomic mass is 32.2. The number of ether oxygens (including phenoxy) is 1. The number of esters is 1. The van der Waals surface area contributed by atoms with E-state index >= 15 is 0 Å². The molecule has 5 nitrogen and oxygen atoms in total. The third-order valence-electron chi connectivity index (χ3n) is 3.25. The lowest BCUT2D eigenvalue weighted by Gasteiger charge is -2.02. The maximum Gasteiger partial charge on any atom is 0.331 e. The van der Waals surface area contributed by atoms with Crippen molar-refractivity contribution in [3.63, 3.8) is 0 Å². The molecule has 0 saturated carbocycles. The first-order valence-electron chi connectivity index (χ1n) is 7.10. The number of thioether (sulfide) groups is 1. The van der Waals surface area contributed by atoms with Gasteiger partial charge in [-0.1, -0.05) is 12.1 Å². The molecule has 0 spiro atoms. The van der Waals surface area contributed by atoms with E-state index in [1.54, 1.807) is 29.4 Å². The molecule has 0 aliphatic heterocycles. The summed E-state index contributed by atoms with van der Waals surface area (Å²) in [6.07, 6.45) is 6.73. The van der Waals surface area contributed by atoms with Crippen LogP contribution in [0.15, 0.2) is 57.7 Å². The number of thiazole rings is 1. The van der Waals surface area contributed by atoms with E-state index in [-0.39, 0.29) is 12.2 Å². The Bertz CT molecular complexity index is 942. The van der Waals surface area contributed by atoms with Crippen molar-refractivity contribution in [1.82, 2.24) is 9.38 Å². The molecule has 0 fully saturated rings. The van der Waals surface area contributed by atoms with Gasteiger partial charge in [0.1, 0.15) is 6.61 Å².